The molecule has 0 aliphatic carbocycles. The molecular weight excluding hydrogens is 434 g/mol. The number of nitrogens with two attached hydrogens (primary N) is 1. The summed E-state index contributed by atoms with van der Waals surface area (Å²) in [5.41, 5.74) is 9.36. The first-order chi connectivity index (χ1) is 14.0. The molecule has 148 valence electrons. The van der Waals surface area contributed by atoms with Crippen molar-refractivity contribution in [2.24, 2.45) is 5.73 Å². The molecule has 0 fully saturated rings. The van der Waals surface area contributed by atoms with Crippen LogP contribution in [0.15, 0.2) is 52.5 Å². The summed E-state index contributed by atoms with van der Waals surface area (Å²) in [7, 11) is 3.16. The lowest BCUT2D eigenvalue weighted by molar-refractivity contribution is 0.352. The number of aryl methyl sites for hydroxylation is 1. The van der Waals surface area contributed by atoms with Gasteiger partial charge in [0.1, 0.15) is 17.4 Å². The number of hydrogen-bond donors (Lipinski definition) is 1. The maximum Gasteiger partial charge on any atom is 0.205 e. The van der Waals surface area contributed by atoms with E-state index in [2.05, 4.69) is 39.6 Å². The van der Waals surface area contributed by atoms with E-state index in [0.717, 1.165) is 33.0 Å². The van der Waals surface area contributed by atoms with E-state index in [1.54, 1.807) is 14.2 Å². The average Bonchev–Trinajstić information content (AvgIpc) is 3.15. The molecule has 2 N–H and O–H groups in total. The molecule has 7 heteroatoms. The quantitative estimate of drug-likeness (QED) is 0.620. The predicted octanol–water partition coefficient (Wildman–Crippen LogP) is 4.66. The number of allylic oxidation sites excluding steroid dienone is 1. The summed E-state index contributed by atoms with van der Waals surface area (Å²) in [6.45, 7) is 2.94. The Morgan fingerprint density at radius 3 is 2.69 bits per heavy atom. The van der Waals surface area contributed by atoms with E-state index < -0.39 is 0 Å². The molecule has 2 aromatic carbocycles. The highest BCUT2D eigenvalue weighted by Gasteiger charge is 2.33. The van der Waals surface area contributed by atoms with Gasteiger partial charge in [-0.05, 0) is 52.7 Å². The third-order valence-corrected chi connectivity index (χ3v) is 5.85. The first-order valence-electron chi connectivity index (χ1n) is 9.14. The molecule has 0 saturated carbocycles. The minimum Gasteiger partial charge on any atom is -0.493 e. The van der Waals surface area contributed by atoms with Crippen molar-refractivity contribution in [1.29, 1.82) is 5.26 Å². The van der Waals surface area contributed by atoms with E-state index in [-0.39, 0.29) is 11.8 Å². The second kappa shape index (κ2) is 7.37. The van der Waals surface area contributed by atoms with Gasteiger partial charge in [-0.15, -0.1) is 0 Å². The molecule has 0 saturated heterocycles. The summed E-state index contributed by atoms with van der Waals surface area (Å²) in [6, 6.07) is 12.1. The highest BCUT2D eigenvalue weighted by Crippen LogP contribution is 2.48. The number of hydrogen-bond acceptors (Lipinski definition) is 5. The Bertz CT molecular complexity index is 1190. The van der Waals surface area contributed by atoms with Crippen molar-refractivity contribution in [1.82, 2.24) is 4.57 Å². The maximum absolute atomic E-state index is 9.83. The average molecular weight is 454 g/mol. The lowest BCUT2D eigenvalue weighted by Gasteiger charge is -2.27. The number of halogens is 1. The second-order valence-corrected chi connectivity index (χ2v) is 7.54. The highest BCUT2D eigenvalue weighted by atomic mass is 79.9. The van der Waals surface area contributed by atoms with Crippen LogP contribution in [0.3, 0.4) is 0 Å². The Labute approximate surface area is 177 Å². The molecule has 1 aliphatic heterocycles. The maximum atomic E-state index is 9.83. The van der Waals surface area contributed by atoms with Crippen molar-refractivity contribution in [3.63, 3.8) is 0 Å². The van der Waals surface area contributed by atoms with Gasteiger partial charge >= 0.3 is 0 Å². The van der Waals surface area contributed by atoms with Crippen LogP contribution < -0.4 is 19.9 Å². The number of aromatic nitrogens is 1. The molecule has 6 nitrogen and oxygen atoms in total. The van der Waals surface area contributed by atoms with Crippen LogP contribution in [0.5, 0.6) is 17.2 Å². The van der Waals surface area contributed by atoms with Crippen LogP contribution in [0.25, 0.3) is 10.9 Å². The van der Waals surface area contributed by atoms with Crippen LogP contribution in [0.1, 0.15) is 24.0 Å². The van der Waals surface area contributed by atoms with Crippen LogP contribution in [0.4, 0.5) is 0 Å². The van der Waals surface area contributed by atoms with E-state index in [1.807, 2.05) is 30.5 Å². The third kappa shape index (κ3) is 2.91. The van der Waals surface area contributed by atoms with E-state index >= 15 is 0 Å². The third-order valence-electron chi connectivity index (χ3n) is 5.26. The van der Waals surface area contributed by atoms with Crippen molar-refractivity contribution in [2.75, 3.05) is 14.2 Å². The number of nitrogens with zero attached hydrogens (tertiary/aromatic N) is 2. The van der Waals surface area contributed by atoms with Crippen LogP contribution in [0, 0.1) is 11.3 Å². The Kier molecular flexibility index (Phi) is 4.89. The molecular formula is C22H20BrN3O3. The molecule has 3 aromatic rings. The minimum absolute atomic E-state index is 0.118. The van der Waals surface area contributed by atoms with Crippen LogP contribution >= 0.6 is 15.9 Å². The van der Waals surface area contributed by atoms with Gasteiger partial charge in [0.15, 0.2) is 11.5 Å². The lowest BCUT2D eigenvalue weighted by atomic mass is 9.83. The van der Waals surface area contributed by atoms with E-state index in [0.29, 0.717) is 22.8 Å². The monoisotopic (exact) mass is 453 g/mol. The predicted molar refractivity (Wildman–Crippen MR) is 114 cm³/mol. The Morgan fingerprint density at radius 1 is 1.24 bits per heavy atom. The zero-order valence-corrected chi connectivity index (χ0v) is 17.9. The molecule has 1 aromatic heterocycles. The van der Waals surface area contributed by atoms with Crippen molar-refractivity contribution in [2.45, 2.75) is 19.4 Å². The van der Waals surface area contributed by atoms with Crippen molar-refractivity contribution in [3.05, 3.63) is 63.6 Å². The van der Waals surface area contributed by atoms with Gasteiger partial charge in [-0.25, -0.2) is 0 Å². The molecule has 0 radical (unpaired) electrons. The standard InChI is InChI=1S/C22H20BrN3O3/c1-4-26-8-7-13-17(26)6-5-14-19(15(11-24)22(25)29-20(13)14)12-9-16(23)21(28-3)18(10-12)27-2/h5-10,19H,4,25H2,1-3H3. The first-order valence-corrected chi connectivity index (χ1v) is 9.94. The molecule has 0 amide bonds. The normalized spacial score (nSPS) is 15.6. The Balaban J connectivity index is 1.99. The van der Waals surface area contributed by atoms with E-state index in [4.69, 9.17) is 19.9 Å². The fraction of sp³-hybridized carbons (Fsp3) is 0.227. The van der Waals surface area contributed by atoms with E-state index in [1.165, 1.54) is 0 Å². The fourth-order valence-electron chi connectivity index (χ4n) is 3.91. The zero-order chi connectivity index (χ0) is 20.7. The fourth-order valence-corrected chi connectivity index (χ4v) is 4.53. The van der Waals surface area contributed by atoms with Gasteiger partial charge in [0.2, 0.25) is 5.88 Å². The lowest BCUT2D eigenvalue weighted by Crippen LogP contribution is -2.21. The number of rotatable bonds is 4. The Morgan fingerprint density at radius 2 is 2.03 bits per heavy atom. The molecule has 1 unspecified atom stereocenters. The molecule has 0 bridgehead atoms. The van der Waals surface area contributed by atoms with Gasteiger partial charge in [0.05, 0.1) is 30.1 Å². The first kappa shape index (κ1) is 19.2. The smallest absolute Gasteiger partial charge is 0.205 e. The van der Waals surface area contributed by atoms with Crippen molar-refractivity contribution >= 4 is 26.8 Å². The largest absolute Gasteiger partial charge is 0.493 e. The number of ether oxygens (including phenoxy) is 3. The molecule has 1 atom stereocenters. The van der Waals surface area contributed by atoms with Crippen LogP contribution in [-0.4, -0.2) is 18.8 Å². The summed E-state index contributed by atoms with van der Waals surface area (Å²) < 4.78 is 19.7. The van der Waals surface area contributed by atoms with Crippen molar-refractivity contribution < 1.29 is 14.2 Å². The van der Waals surface area contributed by atoms with E-state index in [9.17, 15) is 5.26 Å². The van der Waals surface area contributed by atoms with Gasteiger partial charge in [-0.1, -0.05) is 6.07 Å². The van der Waals surface area contributed by atoms with Gasteiger partial charge < -0.3 is 24.5 Å². The molecule has 29 heavy (non-hydrogen) atoms. The topological polar surface area (TPSA) is 82.4 Å². The second-order valence-electron chi connectivity index (χ2n) is 6.68. The summed E-state index contributed by atoms with van der Waals surface area (Å²) in [5, 5.41) is 10.8. The SMILES string of the molecule is CCn1ccc2c3c(ccc21)C(c1cc(Br)c(OC)c(OC)c1)C(C#N)=C(N)O3. The summed E-state index contributed by atoms with van der Waals surface area (Å²) >= 11 is 3.55. The molecule has 2 heterocycles. The van der Waals surface area contributed by atoms with Gasteiger partial charge in [0, 0.05) is 23.7 Å². The van der Waals surface area contributed by atoms with Gasteiger partial charge in [-0.3, -0.25) is 0 Å². The summed E-state index contributed by atoms with van der Waals surface area (Å²) in [6.07, 6.45) is 2.02. The zero-order valence-electron chi connectivity index (χ0n) is 16.3. The summed E-state index contributed by atoms with van der Waals surface area (Å²) in [5.74, 6) is 1.58. The minimum atomic E-state index is -0.380. The number of benzene rings is 2. The van der Waals surface area contributed by atoms with Crippen molar-refractivity contribution in [3.8, 4) is 23.3 Å². The molecule has 0 spiro atoms. The summed E-state index contributed by atoms with van der Waals surface area (Å²) in [4.78, 5) is 0. The van der Waals surface area contributed by atoms with Crippen LogP contribution in [-0.2, 0) is 6.54 Å². The number of fused-ring (bicyclic) bond motifs is 3. The highest BCUT2D eigenvalue weighted by molar-refractivity contribution is 9.10. The number of methoxy groups -OCH3 is 2. The molecule has 1 aliphatic rings. The van der Waals surface area contributed by atoms with Gasteiger partial charge in [0.25, 0.3) is 0 Å². The van der Waals surface area contributed by atoms with Crippen LogP contribution in [0.2, 0.25) is 0 Å². The molecule has 4 rings (SSSR count). The Hall–Kier alpha value is -3.11. The number of nitriles is 1. The van der Waals surface area contributed by atoms with Gasteiger partial charge in [-0.2, -0.15) is 5.26 Å².